The summed E-state index contributed by atoms with van der Waals surface area (Å²) in [4.78, 5) is 2.15. The van der Waals surface area contributed by atoms with E-state index in [1.165, 1.54) is 0 Å². The molecule has 80 valence electrons. The van der Waals surface area contributed by atoms with Gasteiger partial charge in [0.1, 0.15) is 0 Å². The van der Waals surface area contributed by atoms with Gasteiger partial charge in [0, 0.05) is 25.3 Å². The van der Waals surface area contributed by atoms with Gasteiger partial charge in [-0.1, -0.05) is 0 Å². The van der Waals surface area contributed by atoms with Gasteiger partial charge in [0.05, 0.1) is 11.9 Å². The van der Waals surface area contributed by atoms with Crippen molar-refractivity contribution in [1.29, 1.82) is 0 Å². The van der Waals surface area contributed by atoms with E-state index < -0.39 is 0 Å². The van der Waals surface area contributed by atoms with E-state index in [9.17, 15) is 0 Å². The molecule has 14 heavy (non-hydrogen) atoms. The summed E-state index contributed by atoms with van der Waals surface area (Å²) in [6, 6.07) is 0.430. The minimum atomic E-state index is 0.430. The predicted octanol–water partition coefficient (Wildman–Crippen LogP) is 1.44. The Labute approximate surface area is 85.9 Å². The van der Waals surface area contributed by atoms with Gasteiger partial charge in [-0.2, -0.15) is 5.10 Å². The lowest BCUT2D eigenvalue weighted by Gasteiger charge is -2.09. The van der Waals surface area contributed by atoms with Crippen LogP contribution in [0.1, 0.15) is 19.9 Å². The summed E-state index contributed by atoms with van der Waals surface area (Å²) in [6.45, 7) is 6.23. The van der Waals surface area contributed by atoms with Crippen molar-refractivity contribution in [3.05, 3.63) is 12.4 Å². The molecule has 1 aromatic heterocycles. The summed E-state index contributed by atoms with van der Waals surface area (Å²) in [5.41, 5.74) is 1.10. The highest BCUT2D eigenvalue weighted by Crippen LogP contribution is 2.09. The Morgan fingerprint density at radius 2 is 2.21 bits per heavy atom. The average molecular weight is 196 g/mol. The second-order valence-corrected chi connectivity index (χ2v) is 4.03. The molecule has 0 spiro atoms. The van der Waals surface area contributed by atoms with Crippen LogP contribution in [0.3, 0.4) is 0 Å². The van der Waals surface area contributed by atoms with E-state index in [4.69, 9.17) is 0 Å². The van der Waals surface area contributed by atoms with E-state index in [0.29, 0.717) is 6.04 Å². The molecule has 0 amide bonds. The van der Waals surface area contributed by atoms with Crippen LogP contribution in [0, 0.1) is 0 Å². The molecule has 0 saturated carbocycles. The maximum Gasteiger partial charge on any atom is 0.0727 e. The number of anilines is 1. The molecule has 0 unspecified atom stereocenters. The summed E-state index contributed by atoms with van der Waals surface area (Å²) in [7, 11) is 4.14. The molecule has 4 heteroatoms. The van der Waals surface area contributed by atoms with Crippen LogP contribution >= 0.6 is 0 Å². The number of rotatable bonds is 5. The van der Waals surface area contributed by atoms with Crippen LogP contribution in [0.4, 0.5) is 5.69 Å². The zero-order valence-corrected chi connectivity index (χ0v) is 9.49. The van der Waals surface area contributed by atoms with Crippen molar-refractivity contribution in [2.24, 2.45) is 0 Å². The van der Waals surface area contributed by atoms with Gasteiger partial charge < -0.3 is 10.2 Å². The molecule has 0 aliphatic carbocycles. The predicted molar refractivity (Wildman–Crippen MR) is 59.7 cm³/mol. The molecule has 0 aromatic carbocycles. The van der Waals surface area contributed by atoms with Gasteiger partial charge in [-0.15, -0.1) is 0 Å². The topological polar surface area (TPSA) is 33.1 Å². The smallest absolute Gasteiger partial charge is 0.0727 e. The third kappa shape index (κ3) is 3.38. The molecule has 0 atom stereocenters. The largest absolute Gasteiger partial charge is 0.381 e. The summed E-state index contributed by atoms with van der Waals surface area (Å²) in [5, 5.41) is 7.58. The van der Waals surface area contributed by atoms with Gasteiger partial charge in [-0.05, 0) is 27.9 Å². The Kier molecular flexibility index (Phi) is 3.95. The minimum absolute atomic E-state index is 0.430. The Morgan fingerprint density at radius 1 is 1.50 bits per heavy atom. The Morgan fingerprint density at radius 3 is 2.71 bits per heavy atom. The molecule has 0 aliphatic rings. The van der Waals surface area contributed by atoms with Gasteiger partial charge in [-0.25, -0.2) is 0 Å². The van der Waals surface area contributed by atoms with Crippen molar-refractivity contribution in [3.8, 4) is 0 Å². The van der Waals surface area contributed by atoms with Gasteiger partial charge in [0.25, 0.3) is 0 Å². The number of likely N-dealkylation sites (N-methyl/N-ethyl adjacent to an activating group) is 1. The van der Waals surface area contributed by atoms with Crippen molar-refractivity contribution in [2.75, 3.05) is 32.5 Å². The molecule has 0 fully saturated rings. The van der Waals surface area contributed by atoms with Crippen LogP contribution in [-0.2, 0) is 0 Å². The van der Waals surface area contributed by atoms with Crippen LogP contribution in [0.2, 0.25) is 0 Å². The molecule has 0 aliphatic heterocycles. The Balaban J connectivity index is 2.36. The highest BCUT2D eigenvalue weighted by Gasteiger charge is 2.00. The second-order valence-electron chi connectivity index (χ2n) is 4.03. The van der Waals surface area contributed by atoms with Crippen molar-refractivity contribution < 1.29 is 0 Å². The van der Waals surface area contributed by atoms with E-state index >= 15 is 0 Å². The standard InChI is InChI=1S/C10H20N4/c1-9(2)14-8-10(7-12-14)11-5-6-13(3)4/h7-9,11H,5-6H2,1-4H3. The van der Waals surface area contributed by atoms with Crippen LogP contribution in [0.15, 0.2) is 12.4 Å². The lowest BCUT2D eigenvalue weighted by molar-refractivity contribution is 0.425. The molecular formula is C10H20N4. The number of nitrogens with one attached hydrogen (secondary N) is 1. The van der Waals surface area contributed by atoms with Crippen molar-refractivity contribution in [2.45, 2.75) is 19.9 Å². The van der Waals surface area contributed by atoms with E-state index in [2.05, 4.69) is 43.3 Å². The van der Waals surface area contributed by atoms with Crippen LogP contribution < -0.4 is 5.32 Å². The normalized spacial score (nSPS) is 11.3. The quantitative estimate of drug-likeness (QED) is 0.773. The molecule has 0 bridgehead atoms. The molecule has 0 saturated heterocycles. The number of aromatic nitrogens is 2. The van der Waals surface area contributed by atoms with Crippen LogP contribution in [0.25, 0.3) is 0 Å². The van der Waals surface area contributed by atoms with E-state index in [1.807, 2.05) is 17.1 Å². The van der Waals surface area contributed by atoms with Crippen LogP contribution in [-0.4, -0.2) is 41.9 Å². The fourth-order valence-corrected chi connectivity index (χ4v) is 1.14. The Bertz CT molecular complexity index is 265. The van der Waals surface area contributed by atoms with Gasteiger partial charge in [0.15, 0.2) is 0 Å². The Hall–Kier alpha value is -1.03. The van der Waals surface area contributed by atoms with Crippen molar-refractivity contribution in [1.82, 2.24) is 14.7 Å². The van der Waals surface area contributed by atoms with E-state index in [-0.39, 0.29) is 0 Å². The summed E-state index contributed by atoms with van der Waals surface area (Å²) in [6.07, 6.45) is 3.91. The zero-order chi connectivity index (χ0) is 10.6. The van der Waals surface area contributed by atoms with Gasteiger partial charge in [0.2, 0.25) is 0 Å². The lowest BCUT2D eigenvalue weighted by atomic mass is 10.4. The highest BCUT2D eigenvalue weighted by molar-refractivity contribution is 5.38. The third-order valence-electron chi connectivity index (χ3n) is 2.02. The first kappa shape index (κ1) is 11.0. The second kappa shape index (κ2) is 5.00. The number of hydrogen-bond donors (Lipinski definition) is 1. The molecule has 1 rings (SSSR count). The number of nitrogens with zero attached hydrogens (tertiary/aromatic N) is 3. The first-order valence-corrected chi connectivity index (χ1v) is 5.02. The molecular weight excluding hydrogens is 176 g/mol. The minimum Gasteiger partial charge on any atom is -0.381 e. The first-order chi connectivity index (χ1) is 6.59. The maximum absolute atomic E-state index is 4.25. The average Bonchev–Trinajstić information content (AvgIpc) is 2.52. The fraction of sp³-hybridized carbons (Fsp3) is 0.700. The maximum atomic E-state index is 4.25. The molecule has 1 N–H and O–H groups in total. The lowest BCUT2D eigenvalue weighted by Crippen LogP contribution is -2.20. The zero-order valence-electron chi connectivity index (χ0n) is 9.49. The molecule has 4 nitrogen and oxygen atoms in total. The van der Waals surface area contributed by atoms with E-state index in [0.717, 1.165) is 18.8 Å². The number of hydrogen-bond acceptors (Lipinski definition) is 3. The van der Waals surface area contributed by atoms with Crippen LogP contribution in [0.5, 0.6) is 0 Å². The summed E-state index contributed by atoms with van der Waals surface area (Å²) in [5.74, 6) is 0. The molecule has 0 radical (unpaired) electrons. The van der Waals surface area contributed by atoms with Gasteiger partial charge >= 0.3 is 0 Å². The summed E-state index contributed by atoms with van der Waals surface area (Å²) < 4.78 is 1.96. The van der Waals surface area contributed by atoms with Gasteiger partial charge in [-0.3, -0.25) is 4.68 Å². The van der Waals surface area contributed by atoms with Crippen molar-refractivity contribution in [3.63, 3.8) is 0 Å². The monoisotopic (exact) mass is 196 g/mol. The van der Waals surface area contributed by atoms with E-state index in [1.54, 1.807) is 0 Å². The fourth-order valence-electron chi connectivity index (χ4n) is 1.14. The van der Waals surface area contributed by atoms with Crippen molar-refractivity contribution >= 4 is 5.69 Å². The first-order valence-electron chi connectivity index (χ1n) is 5.02. The molecule has 1 heterocycles. The highest BCUT2D eigenvalue weighted by atomic mass is 15.3. The third-order valence-corrected chi connectivity index (χ3v) is 2.02. The molecule has 1 aromatic rings. The summed E-state index contributed by atoms with van der Waals surface area (Å²) >= 11 is 0. The SMILES string of the molecule is CC(C)n1cc(NCCN(C)C)cn1.